The number of hydrogen-bond donors (Lipinski definition) is 2. The van der Waals surface area contributed by atoms with Gasteiger partial charge in [-0.05, 0) is 46.5 Å². The number of likely N-dealkylation sites (tertiary alicyclic amines) is 1. The van der Waals surface area contributed by atoms with Crippen molar-refractivity contribution >= 4 is 12.0 Å². The number of hydrogen-bond acceptors (Lipinski definition) is 4. The maximum Gasteiger partial charge on any atom is 0.410 e. The molecule has 2 rings (SSSR count). The van der Waals surface area contributed by atoms with Crippen LogP contribution in [0.2, 0.25) is 0 Å². The number of rotatable bonds is 3. The lowest BCUT2D eigenvalue weighted by atomic mass is 10.0. The third-order valence-corrected chi connectivity index (χ3v) is 4.31. The second-order valence-electron chi connectivity index (χ2n) is 7.48. The van der Waals surface area contributed by atoms with Crippen LogP contribution in [0, 0.1) is 0 Å². The normalized spacial score (nSPS) is 24.4. The van der Waals surface area contributed by atoms with Crippen LogP contribution in [0.3, 0.4) is 0 Å². The summed E-state index contributed by atoms with van der Waals surface area (Å²) in [5.41, 5.74) is -1.34. The molecule has 1 atom stereocenters. The van der Waals surface area contributed by atoms with Gasteiger partial charge in [-0.3, -0.25) is 9.69 Å². The van der Waals surface area contributed by atoms with Crippen LogP contribution in [-0.2, 0) is 9.53 Å². The van der Waals surface area contributed by atoms with E-state index in [1.807, 2.05) is 20.8 Å². The van der Waals surface area contributed by atoms with Crippen LogP contribution < -0.4 is 5.32 Å². The second-order valence-corrected chi connectivity index (χ2v) is 7.48. The number of carbonyl (C=O) groups is 2. The molecule has 0 aromatic rings. The first-order valence-electron chi connectivity index (χ1n) is 8.20. The molecule has 1 saturated heterocycles. The monoisotopic (exact) mass is 312 g/mol. The standard InChI is InChI=1S/C16H28N2O4/c1-15(2,3)22-14(20)18-10-6-7-12(18)13(19)17-11-16(21)8-4-5-9-16/h12,21H,4-11H2,1-3H3,(H,17,19). The first-order chi connectivity index (χ1) is 10.2. The molecular weight excluding hydrogens is 284 g/mol. The molecule has 1 heterocycles. The van der Waals surface area contributed by atoms with E-state index in [0.717, 1.165) is 32.1 Å². The molecule has 0 aromatic heterocycles. The van der Waals surface area contributed by atoms with Crippen molar-refractivity contribution in [3.05, 3.63) is 0 Å². The summed E-state index contributed by atoms with van der Waals surface area (Å²) < 4.78 is 5.36. The summed E-state index contributed by atoms with van der Waals surface area (Å²) >= 11 is 0. The molecule has 2 aliphatic rings. The van der Waals surface area contributed by atoms with Crippen molar-refractivity contribution in [3.8, 4) is 0 Å². The Bertz CT molecular complexity index is 424. The highest BCUT2D eigenvalue weighted by atomic mass is 16.6. The molecule has 0 bridgehead atoms. The number of carbonyl (C=O) groups excluding carboxylic acids is 2. The molecule has 2 N–H and O–H groups in total. The quantitative estimate of drug-likeness (QED) is 0.833. The van der Waals surface area contributed by atoms with E-state index >= 15 is 0 Å². The molecule has 0 aromatic carbocycles. The van der Waals surface area contributed by atoms with Crippen molar-refractivity contribution in [2.24, 2.45) is 0 Å². The Morgan fingerprint density at radius 2 is 1.91 bits per heavy atom. The summed E-state index contributed by atoms with van der Waals surface area (Å²) in [6, 6.07) is -0.486. The predicted molar refractivity (Wildman–Crippen MR) is 82.4 cm³/mol. The highest BCUT2D eigenvalue weighted by Crippen LogP contribution is 2.29. The maximum atomic E-state index is 12.4. The average Bonchev–Trinajstić information content (AvgIpc) is 3.03. The van der Waals surface area contributed by atoms with E-state index in [9.17, 15) is 14.7 Å². The first-order valence-corrected chi connectivity index (χ1v) is 8.20. The number of aliphatic hydroxyl groups is 1. The molecule has 1 aliphatic carbocycles. The van der Waals surface area contributed by atoms with Gasteiger partial charge >= 0.3 is 6.09 Å². The van der Waals surface area contributed by atoms with Crippen LogP contribution in [0.4, 0.5) is 4.79 Å². The van der Waals surface area contributed by atoms with E-state index in [1.165, 1.54) is 4.90 Å². The Kier molecular flexibility index (Phi) is 5.00. The fourth-order valence-corrected chi connectivity index (χ4v) is 3.16. The lowest BCUT2D eigenvalue weighted by Gasteiger charge is -2.29. The predicted octanol–water partition coefficient (Wildman–Crippen LogP) is 1.81. The van der Waals surface area contributed by atoms with Crippen molar-refractivity contribution in [2.45, 2.75) is 76.5 Å². The molecule has 6 heteroatoms. The van der Waals surface area contributed by atoms with Crippen molar-refractivity contribution in [1.82, 2.24) is 10.2 Å². The van der Waals surface area contributed by atoms with E-state index in [0.29, 0.717) is 13.0 Å². The number of ether oxygens (including phenoxy) is 1. The number of amides is 2. The number of nitrogens with one attached hydrogen (secondary N) is 1. The van der Waals surface area contributed by atoms with Gasteiger partial charge in [0.1, 0.15) is 11.6 Å². The van der Waals surface area contributed by atoms with Gasteiger partial charge in [0, 0.05) is 13.1 Å². The van der Waals surface area contributed by atoms with Gasteiger partial charge in [-0.15, -0.1) is 0 Å². The van der Waals surface area contributed by atoms with E-state index in [1.54, 1.807) is 0 Å². The van der Waals surface area contributed by atoms with Crippen molar-refractivity contribution in [3.63, 3.8) is 0 Å². The second kappa shape index (κ2) is 6.44. The Labute approximate surface area is 132 Å². The van der Waals surface area contributed by atoms with E-state index in [4.69, 9.17) is 4.74 Å². The highest BCUT2D eigenvalue weighted by Gasteiger charge is 2.38. The van der Waals surface area contributed by atoms with Gasteiger partial charge < -0.3 is 15.2 Å². The zero-order valence-electron chi connectivity index (χ0n) is 13.9. The molecule has 0 spiro atoms. The first kappa shape index (κ1) is 17.1. The highest BCUT2D eigenvalue weighted by molar-refractivity contribution is 5.86. The molecule has 1 unspecified atom stereocenters. The summed E-state index contributed by atoms with van der Waals surface area (Å²) in [6.45, 7) is 6.24. The molecule has 0 radical (unpaired) electrons. The van der Waals surface area contributed by atoms with E-state index in [2.05, 4.69) is 5.32 Å². The Morgan fingerprint density at radius 1 is 1.27 bits per heavy atom. The van der Waals surface area contributed by atoms with Crippen LogP contribution in [-0.4, -0.2) is 52.3 Å². The third kappa shape index (κ3) is 4.35. The minimum Gasteiger partial charge on any atom is -0.444 e. The Hall–Kier alpha value is -1.30. The van der Waals surface area contributed by atoms with Crippen LogP contribution in [0.15, 0.2) is 0 Å². The smallest absolute Gasteiger partial charge is 0.410 e. The Balaban J connectivity index is 1.89. The molecular formula is C16H28N2O4. The molecule has 2 fully saturated rings. The molecule has 6 nitrogen and oxygen atoms in total. The largest absolute Gasteiger partial charge is 0.444 e. The summed E-state index contributed by atoms with van der Waals surface area (Å²) in [4.78, 5) is 26.0. The Morgan fingerprint density at radius 3 is 2.50 bits per heavy atom. The van der Waals surface area contributed by atoms with Gasteiger partial charge in [0.25, 0.3) is 0 Å². The fourth-order valence-electron chi connectivity index (χ4n) is 3.16. The van der Waals surface area contributed by atoms with Crippen LogP contribution in [0.5, 0.6) is 0 Å². The zero-order valence-corrected chi connectivity index (χ0v) is 13.9. The number of nitrogens with zero attached hydrogens (tertiary/aromatic N) is 1. The van der Waals surface area contributed by atoms with E-state index < -0.39 is 23.3 Å². The van der Waals surface area contributed by atoms with Gasteiger partial charge in [0.2, 0.25) is 5.91 Å². The third-order valence-electron chi connectivity index (χ3n) is 4.31. The fraction of sp³-hybridized carbons (Fsp3) is 0.875. The SMILES string of the molecule is CC(C)(C)OC(=O)N1CCCC1C(=O)NCC1(O)CCCC1. The van der Waals surface area contributed by atoms with Gasteiger partial charge in [-0.25, -0.2) is 4.79 Å². The van der Waals surface area contributed by atoms with Crippen LogP contribution in [0.25, 0.3) is 0 Å². The maximum absolute atomic E-state index is 12.4. The van der Waals surface area contributed by atoms with Crippen molar-refractivity contribution < 1.29 is 19.4 Å². The van der Waals surface area contributed by atoms with Crippen molar-refractivity contribution in [1.29, 1.82) is 0 Å². The molecule has 126 valence electrons. The lowest BCUT2D eigenvalue weighted by molar-refractivity contribution is -0.126. The van der Waals surface area contributed by atoms with Crippen molar-refractivity contribution in [2.75, 3.05) is 13.1 Å². The topological polar surface area (TPSA) is 78.9 Å². The summed E-state index contributed by atoms with van der Waals surface area (Å²) in [5, 5.41) is 13.1. The summed E-state index contributed by atoms with van der Waals surface area (Å²) in [6.07, 6.45) is 4.45. The van der Waals surface area contributed by atoms with Gasteiger partial charge in [0.15, 0.2) is 0 Å². The zero-order chi connectivity index (χ0) is 16.4. The summed E-state index contributed by atoms with van der Waals surface area (Å²) in [7, 11) is 0. The lowest BCUT2D eigenvalue weighted by Crippen LogP contribution is -2.50. The molecule has 1 saturated carbocycles. The molecule has 22 heavy (non-hydrogen) atoms. The van der Waals surface area contributed by atoms with Gasteiger partial charge in [0.05, 0.1) is 5.60 Å². The van der Waals surface area contributed by atoms with Crippen LogP contribution in [0.1, 0.15) is 59.3 Å². The minimum absolute atomic E-state index is 0.191. The average molecular weight is 312 g/mol. The summed E-state index contributed by atoms with van der Waals surface area (Å²) in [5.74, 6) is -0.191. The van der Waals surface area contributed by atoms with Gasteiger partial charge in [-0.1, -0.05) is 12.8 Å². The molecule has 2 amide bonds. The van der Waals surface area contributed by atoms with Crippen LogP contribution >= 0.6 is 0 Å². The van der Waals surface area contributed by atoms with E-state index in [-0.39, 0.29) is 12.5 Å². The minimum atomic E-state index is -0.773. The van der Waals surface area contributed by atoms with Gasteiger partial charge in [-0.2, -0.15) is 0 Å². The molecule has 1 aliphatic heterocycles.